The Bertz CT molecular complexity index is 219. The summed E-state index contributed by atoms with van der Waals surface area (Å²) in [6.45, 7) is 3.54. The van der Waals surface area contributed by atoms with Crippen molar-refractivity contribution in [3.05, 3.63) is 11.8 Å². The molecule has 0 radical (unpaired) electrons. The Kier molecular flexibility index (Phi) is 5.34. The summed E-state index contributed by atoms with van der Waals surface area (Å²) in [6, 6.07) is 0. The highest BCUT2D eigenvalue weighted by atomic mass is 16.5. The van der Waals surface area contributed by atoms with E-state index >= 15 is 0 Å². The van der Waals surface area contributed by atoms with Gasteiger partial charge in [0.05, 0.1) is 19.3 Å². The summed E-state index contributed by atoms with van der Waals surface area (Å²) in [5.41, 5.74) is 0. The van der Waals surface area contributed by atoms with Crippen LogP contribution in [-0.2, 0) is 19.1 Å². The van der Waals surface area contributed by atoms with Crippen molar-refractivity contribution in [3.8, 4) is 0 Å². The average molecular weight is 188 g/mol. The molecule has 0 aromatic carbocycles. The molecule has 0 spiro atoms. The number of ether oxygens (including phenoxy) is 2. The number of rotatable bonds is 4. The van der Waals surface area contributed by atoms with Crippen LogP contribution in [0, 0.1) is 0 Å². The number of aliphatic hydroxyl groups excluding tert-OH is 1. The molecule has 0 rings (SSSR count). The van der Waals surface area contributed by atoms with Crippen molar-refractivity contribution in [2.45, 2.75) is 13.8 Å². The molecule has 0 aliphatic rings. The van der Waals surface area contributed by atoms with Crippen molar-refractivity contribution in [1.82, 2.24) is 0 Å². The molecule has 5 nitrogen and oxygen atoms in total. The third kappa shape index (κ3) is 4.84. The summed E-state index contributed by atoms with van der Waals surface area (Å²) in [7, 11) is 0. The molecule has 0 atom stereocenters. The summed E-state index contributed by atoms with van der Waals surface area (Å²) in [4.78, 5) is 21.4. The molecule has 0 saturated heterocycles. The van der Waals surface area contributed by atoms with Gasteiger partial charge >= 0.3 is 11.9 Å². The molecular weight excluding hydrogens is 176 g/mol. The Morgan fingerprint density at radius 3 is 2.23 bits per heavy atom. The highest BCUT2D eigenvalue weighted by Gasteiger charge is 2.10. The standard InChI is InChI=1S/C8H12O5/c1-3-12-7(10)5-6(9)8(11)13-4-2/h5,9H,3-4H2,1-2H3/b6-5-. The fourth-order valence-electron chi connectivity index (χ4n) is 0.560. The maximum Gasteiger partial charge on any atom is 0.373 e. The Hall–Kier alpha value is -1.52. The van der Waals surface area contributed by atoms with Gasteiger partial charge in [0.1, 0.15) is 0 Å². The number of carbonyl (C=O) groups excluding carboxylic acids is 2. The van der Waals surface area contributed by atoms with E-state index < -0.39 is 17.7 Å². The van der Waals surface area contributed by atoms with Crippen LogP contribution in [0.4, 0.5) is 0 Å². The summed E-state index contributed by atoms with van der Waals surface area (Å²) in [5.74, 6) is -2.45. The number of hydrogen-bond donors (Lipinski definition) is 1. The van der Waals surface area contributed by atoms with Crippen LogP contribution < -0.4 is 0 Å². The minimum atomic E-state index is -0.935. The van der Waals surface area contributed by atoms with E-state index in [1.165, 1.54) is 0 Å². The lowest BCUT2D eigenvalue weighted by Crippen LogP contribution is -2.10. The summed E-state index contributed by atoms with van der Waals surface area (Å²) < 4.78 is 8.88. The number of esters is 2. The number of carbonyl (C=O) groups is 2. The molecule has 0 unspecified atom stereocenters. The maximum absolute atomic E-state index is 10.7. The van der Waals surface area contributed by atoms with Gasteiger partial charge in [-0.25, -0.2) is 9.59 Å². The number of aliphatic hydroxyl groups is 1. The summed E-state index contributed by atoms with van der Waals surface area (Å²) in [6.07, 6.45) is 0.682. The first kappa shape index (κ1) is 11.5. The molecule has 74 valence electrons. The topological polar surface area (TPSA) is 72.8 Å². The van der Waals surface area contributed by atoms with Gasteiger partial charge in [0.2, 0.25) is 5.76 Å². The first-order valence-electron chi connectivity index (χ1n) is 3.86. The van der Waals surface area contributed by atoms with E-state index in [-0.39, 0.29) is 13.2 Å². The van der Waals surface area contributed by atoms with E-state index in [1.54, 1.807) is 13.8 Å². The minimum Gasteiger partial charge on any atom is -0.502 e. The van der Waals surface area contributed by atoms with Crippen LogP contribution in [0.25, 0.3) is 0 Å². The average Bonchev–Trinajstić information content (AvgIpc) is 2.05. The third-order valence-electron chi connectivity index (χ3n) is 1.03. The van der Waals surface area contributed by atoms with E-state index in [2.05, 4.69) is 9.47 Å². The zero-order valence-electron chi connectivity index (χ0n) is 7.57. The van der Waals surface area contributed by atoms with Crippen LogP contribution in [0.1, 0.15) is 13.8 Å². The van der Waals surface area contributed by atoms with Gasteiger partial charge in [-0.05, 0) is 13.8 Å². The first-order chi connectivity index (χ1) is 6.11. The second-order valence-electron chi connectivity index (χ2n) is 2.00. The zero-order chi connectivity index (χ0) is 10.3. The van der Waals surface area contributed by atoms with E-state index in [0.717, 1.165) is 0 Å². The molecule has 0 saturated carbocycles. The van der Waals surface area contributed by atoms with E-state index in [4.69, 9.17) is 5.11 Å². The van der Waals surface area contributed by atoms with E-state index in [1.807, 2.05) is 0 Å². The SMILES string of the molecule is CCOC(=O)/C=C(\O)C(=O)OCC. The second-order valence-corrected chi connectivity index (χ2v) is 2.00. The lowest BCUT2D eigenvalue weighted by atomic mass is 10.4. The van der Waals surface area contributed by atoms with Gasteiger partial charge in [0, 0.05) is 0 Å². The summed E-state index contributed by atoms with van der Waals surface area (Å²) in [5, 5.41) is 8.93. The van der Waals surface area contributed by atoms with E-state index in [0.29, 0.717) is 6.08 Å². The van der Waals surface area contributed by atoms with Crippen molar-refractivity contribution in [1.29, 1.82) is 0 Å². The Morgan fingerprint density at radius 1 is 1.23 bits per heavy atom. The first-order valence-corrected chi connectivity index (χ1v) is 3.86. The molecule has 0 bridgehead atoms. The van der Waals surface area contributed by atoms with Gasteiger partial charge in [0.15, 0.2) is 0 Å². The largest absolute Gasteiger partial charge is 0.502 e. The van der Waals surface area contributed by atoms with Crippen molar-refractivity contribution >= 4 is 11.9 Å². The van der Waals surface area contributed by atoms with Gasteiger partial charge in [-0.15, -0.1) is 0 Å². The number of hydrogen-bond acceptors (Lipinski definition) is 5. The highest BCUT2D eigenvalue weighted by molar-refractivity contribution is 5.94. The van der Waals surface area contributed by atoms with Crippen LogP contribution in [0.2, 0.25) is 0 Å². The van der Waals surface area contributed by atoms with Gasteiger partial charge in [-0.2, -0.15) is 0 Å². The van der Waals surface area contributed by atoms with Crippen LogP contribution >= 0.6 is 0 Å². The normalized spacial score (nSPS) is 10.8. The molecule has 0 heterocycles. The maximum atomic E-state index is 10.7. The molecule has 0 aliphatic heterocycles. The van der Waals surface area contributed by atoms with Gasteiger partial charge in [0.25, 0.3) is 0 Å². The van der Waals surface area contributed by atoms with E-state index in [9.17, 15) is 9.59 Å². The Morgan fingerprint density at radius 2 is 1.77 bits per heavy atom. The zero-order valence-corrected chi connectivity index (χ0v) is 7.57. The van der Waals surface area contributed by atoms with Gasteiger partial charge in [-0.1, -0.05) is 0 Å². The lowest BCUT2D eigenvalue weighted by molar-refractivity contribution is -0.143. The molecule has 1 N–H and O–H groups in total. The lowest BCUT2D eigenvalue weighted by Gasteiger charge is -1.99. The van der Waals surface area contributed by atoms with Crippen LogP contribution in [0.3, 0.4) is 0 Å². The van der Waals surface area contributed by atoms with Crippen LogP contribution in [-0.4, -0.2) is 30.3 Å². The minimum absolute atomic E-state index is 0.138. The smallest absolute Gasteiger partial charge is 0.373 e. The third-order valence-corrected chi connectivity index (χ3v) is 1.03. The molecule has 0 amide bonds. The van der Waals surface area contributed by atoms with Crippen molar-refractivity contribution in [2.24, 2.45) is 0 Å². The monoisotopic (exact) mass is 188 g/mol. The van der Waals surface area contributed by atoms with Gasteiger partial charge < -0.3 is 14.6 Å². The highest BCUT2D eigenvalue weighted by Crippen LogP contribution is 1.94. The predicted molar refractivity (Wildman–Crippen MR) is 44.0 cm³/mol. The quantitative estimate of drug-likeness (QED) is 0.396. The van der Waals surface area contributed by atoms with Gasteiger partial charge in [-0.3, -0.25) is 0 Å². The molecule has 0 aliphatic carbocycles. The summed E-state index contributed by atoms with van der Waals surface area (Å²) >= 11 is 0. The van der Waals surface area contributed by atoms with Crippen molar-refractivity contribution in [3.63, 3.8) is 0 Å². The second kappa shape index (κ2) is 6.05. The Balaban J connectivity index is 4.14. The molecule has 0 aromatic rings. The Labute approximate surface area is 75.9 Å². The van der Waals surface area contributed by atoms with Crippen LogP contribution in [0.15, 0.2) is 11.8 Å². The molecule has 0 fully saturated rings. The van der Waals surface area contributed by atoms with Crippen molar-refractivity contribution < 1.29 is 24.2 Å². The molecule has 13 heavy (non-hydrogen) atoms. The molecule has 0 aromatic heterocycles. The fourth-order valence-corrected chi connectivity index (χ4v) is 0.560. The fraction of sp³-hybridized carbons (Fsp3) is 0.500. The predicted octanol–water partition coefficient (Wildman–Crippen LogP) is 0.555. The van der Waals surface area contributed by atoms with Crippen LogP contribution in [0.5, 0.6) is 0 Å². The van der Waals surface area contributed by atoms with Crippen molar-refractivity contribution in [2.75, 3.05) is 13.2 Å². The molecular formula is C8H12O5. The molecule has 5 heteroatoms.